The number of carbonyl (C=O) groups excluding carboxylic acids is 2. The molecule has 0 atom stereocenters. The van der Waals surface area contributed by atoms with E-state index >= 15 is 0 Å². The number of ether oxygens (including phenoxy) is 2. The number of aromatic nitrogens is 4. The fraction of sp³-hybridized carbons (Fsp3) is 0.167. The number of rotatable bonds is 4. The molecule has 0 fully saturated rings. The standard InChI is InChI=1S/C24H19BrN4O5/c1-3-32-23(30)28-12-17(15-7-5-6-8-19(15)28)21-22(27-34-26-21)18-13-29(24(31)33-4-2)20-10-9-14(25)11-16(18)20/h5-13H,3-4H2,1-2H3. The minimum absolute atomic E-state index is 0.245. The first-order chi connectivity index (χ1) is 16.5. The van der Waals surface area contributed by atoms with Gasteiger partial charge in [0, 0.05) is 38.8 Å². The van der Waals surface area contributed by atoms with E-state index in [4.69, 9.17) is 14.1 Å². The van der Waals surface area contributed by atoms with Gasteiger partial charge in [-0.15, -0.1) is 0 Å². The van der Waals surface area contributed by atoms with Crippen molar-refractivity contribution in [3.05, 3.63) is 59.3 Å². The molecular weight excluding hydrogens is 504 g/mol. The lowest BCUT2D eigenvalue weighted by Crippen LogP contribution is -2.12. The molecule has 0 aliphatic carbocycles. The maximum absolute atomic E-state index is 12.6. The molecule has 0 saturated heterocycles. The van der Waals surface area contributed by atoms with Gasteiger partial charge in [-0.3, -0.25) is 9.13 Å². The molecule has 10 heteroatoms. The minimum atomic E-state index is -0.502. The third-order valence-corrected chi connectivity index (χ3v) is 5.90. The molecule has 0 N–H and O–H groups in total. The Balaban J connectivity index is 1.73. The summed E-state index contributed by atoms with van der Waals surface area (Å²) in [6, 6.07) is 13.0. The number of benzene rings is 2. The van der Waals surface area contributed by atoms with Crippen molar-refractivity contribution >= 4 is 49.9 Å². The Bertz CT molecular complexity index is 1550. The van der Waals surface area contributed by atoms with Crippen molar-refractivity contribution in [1.29, 1.82) is 0 Å². The van der Waals surface area contributed by atoms with Gasteiger partial charge in [0.05, 0.1) is 24.2 Å². The zero-order valence-corrected chi connectivity index (χ0v) is 19.9. The van der Waals surface area contributed by atoms with Crippen LogP contribution >= 0.6 is 15.9 Å². The summed E-state index contributed by atoms with van der Waals surface area (Å²) in [7, 11) is 0. The Morgan fingerprint density at radius 2 is 1.41 bits per heavy atom. The molecule has 5 rings (SSSR count). The third-order valence-electron chi connectivity index (χ3n) is 5.41. The van der Waals surface area contributed by atoms with Gasteiger partial charge in [-0.1, -0.05) is 34.1 Å². The largest absolute Gasteiger partial charge is 0.449 e. The van der Waals surface area contributed by atoms with E-state index in [1.165, 1.54) is 9.13 Å². The molecule has 0 aliphatic rings. The van der Waals surface area contributed by atoms with Crippen molar-refractivity contribution in [2.24, 2.45) is 0 Å². The molecule has 9 nitrogen and oxygen atoms in total. The summed E-state index contributed by atoms with van der Waals surface area (Å²) in [5.41, 5.74) is 3.46. The van der Waals surface area contributed by atoms with Gasteiger partial charge in [0.2, 0.25) is 0 Å². The summed E-state index contributed by atoms with van der Waals surface area (Å²) in [5.74, 6) is 0. The molecule has 0 spiro atoms. The summed E-state index contributed by atoms with van der Waals surface area (Å²) in [4.78, 5) is 25.2. The quantitative estimate of drug-likeness (QED) is 0.281. The first kappa shape index (κ1) is 21.9. The number of hydrogen-bond acceptors (Lipinski definition) is 7. The van der Waals surface area contributed by atoms with Crippen molar-refractivity contribution < 1.29 is 23.7 Å². The van der Waals surface area contributed by atoms with Gasteiger partial charge in [-0.25, -0.2) is 14.2 Å². The van der Waals surface area contributed by atoms with E-state index in [0.717, 1.165) is 15.2 Å². The average molecular weight is 523 g/mol. The number of fused-ring (bicyclic) bond motifs is 2. The van der Waals surface area contributed by atoms with Crippen molar-refractivity contribution in [3.8, 4) is 22.5 Å². The van der Waals surface area contributed by atoms with Gasteiger partial charge in [0.25, 0.3) is 0 Å². The van der Waals surface area contributed by atoms with Crippen LogP contribution in [0.4, 0.5) is 9.59 Å². The van der Waals surface area contributed by atoms with Crippen LogP contribution in [0.25, 0.3) is 44.3 Å². The predicted octanol–water partition coefficient (Wildman–Crippen LogP) is 6.08. The van der Waals surface area contributed by atoms with Gasteiger partial charge in [0.1, 0.15) is 11.4 Å². The molecule has 3 heterocycles. The monoisotopic (exact) mass is 522 g/mol. The average Bonchev–Trinajstić information content (AvgIpc) is 3.54. The highest BCUT2D eigenvalue weighted by atomic mass is 79.9. The third kappa shape index (κ3) is 3.56. The van der Waals surface area contributed by atoms with Crippen molar-refractivity contribution in [1.82, 2.24) is 19.4 Å². The lowest BCUT2D eigenvalue weighted by molar-refractivity contribution is 0.154. The van der Waals surface area contributed by atoms with Gasteiger partial charge in [-0.05, 0) is 48.4 Å². The molecule has 0 unspecified atom stereocenters. The number of carbonyl (C=O) groups is 2. The molecule has 34 heavy (non-hydrogen) atoms. The maximum Gasteiger partial charge on any atom is 0.418 e. The van der Waals surface area contributed by atoms with E-state index < -0.39 is 12.2 Å². The molecule has 0 bridgehead atoms. The highest BCUT2D eigenvalue weighted by Crippen LogP contribution is 2.39. The topological polar surface area (TPSA) is 101 Å². The van der Waals surface area contributed by atoms with Crippen LogP contribution in [0.1, 0.15) is 13.8 Å². The van der Waals surface area contributed by atoms with E-state index in [1.807, 2.05) is 42.5 Å². The number of hydrogen-bond donors (Lipinski definition) is 0. The van der Waals surface area contributed by atoms with Crippen LogP contribution in [-0.4, -0.2) is 44.8 Å². The Hall–Kier alpha value is -3.92. The van der Waals surface area contributed by atoms with E-state index in [9.17, 15) is 9.59 Å². The van der Waals surface area contributed by atoms with Crippen LogP contribution in [0, 0.1) is 0 Å². The maximum atomic E-state index is 12.6. The fourth-order valence-electron chi connectivity index (χ4n) is 3.99. The summed E-state index contributed by atoms with van der Waals surface area (Å²) >= 11 is 3.50. The molecule has 0 saturated carbocycles. The molecule has 3 aromatic heterocycles. The smallest absolute Gasteiger partial charge is 0.418 e. The predicted molar refractivity (Wildman–Crippen MR) is 129 cm³/mol. The SMILES string of the molecule is CCOC(=O)n1cc(-c2nonc2-c2cn(C(=O)OCC)c3ccc(Br)cc23)c2ccccc21. The number of para-hydroxylation sites is 1. The molecular formula is C24H19BrN4O5. The lowest BCUT2D eigenvalue weighted by atomic mass is 10.0. The van der Waals surface area contributed by atoms with Gasteiger partial charge in [-0.2, -0.15) is 0 Å². The second kappa shape index (κ2) is 8.79. The zero-order chi connectivity index (χ0) is 23.8. The van der Waals surface area contributed by atoms with Crippen molar-refractivity contribution in [2.45, 2.75) is 13.8 Å². The Morgan fingerprint density at radius 1 is 0.853 bits per heavy atom. The summed E-state index contributed by atoms with van der Waals surface area (Å²) in [6.07, 6.45) is 2.32. The van der Waals surface area contributed by atoms with Crippen LogP contribution in [-0.2, 0) is 9.47 Å². The number of nitrogens with zero attached hydrogens (tertiary/aromatic N) is 4. The normalized spacial score (nSPS) is 11.3. The summed E-state index contributed by atoms with van der Waals surface area (Å²) in [5, 5.41) is 9.87. The van der Waals surface area contributed by atoms with Gasteiger partial charge in [0.15, 0.2) is 0 Å². The lowest BCUT2D eigenvalue weighted by Gasteiger charge is -2.03. The highest BCUT2D eigenvalue weighted by Gasteiger charge is 2.25. The molecule has 172 valence electrons. The summed E-state index contributed by atoms with van der Waals surface area (Å²) in [6.45, 7) is 4.00. The zero-order valence-electron chi connectivity index (χ0n) is 18.3. The molecule has 0 amide bonds. The highest BCUT2D eigenvalue weighted by molar-refractivity contribution is 9.10. The van der Waals surface area contributed by atoms with Crippen LogP contribution in [0.5, 0.6) is 0 Å². The Kier molecular flexibility index (Phi) is 5.66. The van der Waals surface area contributed by atoms with Crippen molar-refractivity contribution in [3.63, 3.8) is 0 Å². The van der Waals surface area contributed by atoms with E-state index in [2.05, 4.69) is 26.2 Å². The number of halogens is 1. The first-order valence-electron chi connectivity index (χ1n) is 10.6. The van der Waals surface area contributed by atoms with Crippen LogP contribution < -0.4 is 0 Å². The minimum Gasteiger partial charge on any atom is -0.449 e. The van der Waals surface area contributed by atoms with Crippen LogP contribution in [0.15, 0.2) is 64.0 Å². The van der Waals surface area contributed by atoms with Gasteiger partial charge < -0.3 is 9.47 Å². The van der Waals surface area contributed by atoms with E-state index in [-0.39, 0.29) is 13.2 Å². The van der Waals surface area contributed by atoms with Crippen LogP contribution in [0.2, 0.25) is 0 Å². The van der Waals surface area contributed by atoms with Crippen LogP contribution in [0.3, 0.4) is 0 Å². The Morgan fingerprint density at radius 3 is 2.03 bits per heavy atom. The van der Waals surface area contributed by atoms with Crippen molar-refractivity contribution in [2.75, 3.05) is 13.2 Å². The van der Waals surface area contributed by atoms with E-state index in [1.54, 1.807) is 26.2 Å². The summed E-state index contributed by atoms with van der Waals surface area (Å²) < 4.78 is 19.3. The molecule has 2 aromatic carbocycles. The fourth-order valence-corrected chi connectivity index (χ4v) is 4.35. The van der Waals surface area contributed by atoms with E-state index in [0.29, 0.717) is 33.5 Å². The Labute approximate surface area is 201 Å². The molecule has 5 aromatic rings. The second-order valence-electron chi connectivity index (χ2n) is 7.36. The molecule has 0 aliphatic heterocycles. The molecule has 0 radical (unpaired) electrons. The first-order valence-corrected chi connectivity index (χ1v) is 11.4. The van der Waals surface area contributed by atoms with Gasteiger partial charge >= 0.3 is 12.2 Å². The second-order valence-corrected chi connectivity index (χ2v) is 8.28.